The number of amides is 2. The average molecular weight is 344 g/mol. The third-order valence-electron chi connectivity index (χ3n) is 5.99. The van der Waals surface area contributed by atoms with Gasteiger partial charge in [-0.1, -0.05) is 50.1 Å². The predicted molar refractivity (Wildman–Crippen MR) is 103 cm³/mol. The number of urea groups is 1. The summed E-state index contributed by atoms with van der Waals surface area (Å²) < 4.78 is 0. The highest BCUT2D eigenvalue weighted by atomic mass is 16.2. The van der Waals surface area contributed by atoms with Crippen LogP contribution < -0.4 is 5.32 Å². The molecule has 1 saturated heterocycles. The Kier molecular flexibility index (Phi) is 6.35. The molecule has 25 heavy (non-hydrogen) atoms. The van der Waals surface area contributed by atoms with Gasteiger partial charge >= 0.3 is 6.03 Å². The Balaban J connectivity index is 1.59. The molecule has 2 aliphatic rings. The fourth-order valence-corrected chi connectivity index (χ4v) is 4.41. The minimum atomic E-state index is 0.0826. The molecule has 3 rings (SSSR count). The van der Waals surface area contributed by atoms with Gasteiger partial charge in [0.1, 0.15) is 0 Å². The molecule has 0 bridgehead atoms. The number of hydrogen-bond acceptors (Lipinski definition) is 2. The van der Waals surface area contributed by atoms with Gasteiger partial charge in [-0.15, -0.1) is 0 Å². The number of likely N-dealkylation sites (tertiary alicyclic amines) is 1. The van der Waals surface area contributed by atoms with E-state index in [4.69, 9.17) is 0 Å². The van der Waals surface area contributed by atoms with Crippen LogP contribution in [-0.2, 0) is 0 Å². The summed E-state index contributed by atoms with van der Waals surface area (Å²) in [5.41, 5.74) is 1.30. The maximum atomic E-state index is 12.7. The van der Waals surface area contributed by atoms with Gasteiger partial charge in [0.2, 0.25) is 0 Å². The molecule has 4 nitrogen and oxygen atoms in total. The van der Waals surface area contributed by atoms with Crippen LogP contribution >= 0.6 is 0 Å². The first-order valence-electron chi connectivity index (χ1n) is 9.95. The average Bonchev–Trinajstić information content (AvgIpc) is 3.16. The van der Waals surface area contributed by atoms with E-state index in [1.165, 1.54) is 31.2 Å². The highest BCUT2D eigenvalue weighted by Gasteiger charge is 2.27. The van der Waals surface area contributed by atoms with Crippen LogP contribution in [0.25, 0.3) is 0 Å². The van der Waals surface area contributed by atoms with Crippen LogP contribution in [0.15, 0.2) is 30.3 Å². The van der Waals surface area contributed by atoms with Gasteiger partial charge in [-0.05, 0) is 50.3 Å². The number of nitrogens with zero attached hydrogens (tertiary/aromatic N) is 2. The molecular weight excluding hydrogens is 310 g/mol. The zero-order valence-electron chi connectivity index (χ0n) is 15.8. The Morgan fingerprint density at radius 3 is 2.60 bits per heavy atom. The quantitative estimate of drug-likeness (QED) is 0.876. The standard InChI is InChI=1S/C21H33N3O/c1-17-9-8-12-19(15-17)23(2)21(25)22-16-20(24-13-6-7-14-24)18-10-4-3-5-11-18/h3-5,10-11,17,19-20H,6-9,12-16H2,1-2H3,(H,22,25). The summed E-state index contributed by atoms with van der Waals surface area (Å²) in [6.07, 6.45) is 7.34. The first kappa shape index (κ1) is 18.2. The molecule has 0 spiro atoms. The lowest BCUT2D eigenvalue weighted by Crippen LogP contribution is -2.47. The fourth-order valence-electron chi connectivity index (χ4n) is 4.41. The van der Waals surface area contributed by atoms with Gasteiger partial charge in [-0.2, -0.15) is 0 Å². The fraction of sp³-hybridized carbons (Fsp3) is 0.667. The van der Waals surface area contributed by atoms with Crippen molar-refractivity contribution in [1.82, 2.24) is 15.1 Å². The summed E-state index contributed by atoms with van der Waals surface area (Å²) in [6, 6.07) is 11.4. The van der Waals surface area contributed by atoms with Crippen molar-refractivity contribution in [1.29, 1.82) is 0 Å². The largest absolute Gasteiger partial charge is 0.336 e. The zero-order valence-corrected chi connectivity index (χ0v) is 15.8. The number of carbonyl (C=O) groups is 1. The lowest BCUT2D eigenvalue weighted by atomic mass is 9.86. The van der Waals surface area contributed by atoms with E-state index in [-0.39, 0.29) is 12.1 Å². The Hall–Kier alpha value is -1.55. The van der Waals surface area contributed by atoms with E-state index in [0.717, 1.165) is 31.8 Å². The molecule has 1 aromatic carbocycles. The minimum absolute atomic E-state index is 0.0826. The molecule has 1 saturated carbocycles. The van der Waals surface area contributed by atoms with Gasteiger partial charge in [0.15, 0.2) is 0 Å². The number of carbonyl (C=O) groups excluding carboxylic acids is 1. The van der Waals surface area contributed by atoms with Crippen LogP contribution in [0.5, 0.6) is 0 Å². The van der Waals surface area contributed by atoms with E-state index >= 15 is 0 Å². The highest BCUT2D eigenvalue weighted by molar-refractivity contribution is 5.74. The van der Waals surface area contributed by atoms with Crippen molar-refractivity contribution in [2.45, 2.75) is 57.5 Å². The zero-order chi connectivity index (χ0) is 17.6. The summed E-state index contributed by atoms with van der Waals surface area (Å²) in [6.45, 7) is 5.25. The van der Waals surface area contributed by atoms with Gasteiger partial charge in [0.25, 0.3) is 0 Å². The molecule has 1 aromatic rings. The molecule has 2 fully saturated rings. The normalized spacial score (nSPS) is 25.5. The number of benzene rings is 1. The van der Waals surface area contributed by atoms with E-state index in [2.05, 4.69) is 47.5 Å². The van der Waals surface area contributed by atoms with Crippen LogP contribution in [0, 0.1) is 5.92 Å². The molecule has 3 atom stereocenters. The summed E-state index contributed by atoms with van der Waals surface area (Å²) in [5.74, 6) is 0.732. The van der Waals surface area contributed by atoms with Crippen molar-refractivity contribution in [2.75, 3.05) is 26.7 Å². The second kappa shape index (κ2) is 8.70. The van der Waals surface area contributed by atoms with Crippen molar-refractivity contribution >= 4 is 6.03 Å². The number of nitrogens with one attached hydrogen (secondary N) is 1. The summed E-state index contributed by atoms with van der Waals surface area (Å²) in [7, 11) is 1.96. The van der Waals surface area contributed by atoms with Crippen molar-refractivity contribution < 1.29 is 4.79 Å². The number of hydrogen-bond donors (Lipinski definition) is 1. The van der Waals surface area contributed by atoms with E-state index in [0.29, 0.717) is 12.6 Å². The van der Waals surface area contributed by atoms with Crippen LogP contribution in [0.1, 0.15) is 57.1 Å². The van der Waals surface area contributed by atoms with Crippen LogP contribution in [-0.4, -0.2) is 48.6 Å². The smallest absolute Gasteiger partial charge is 0.317 e. The van der Waals surface area contributed by atoms with Crippen molar-refractivity contribution in [3.05, 3.63) is 35.9 Å². The summed E-state index contributed by atoms with van der Waals surface area (Å²) in [4.78, 5) is 17.2. The van der Waals surface area contributed by atoms with Gasteiger partial charge < -0.3 is 10.2 Å². The molecule has 1 aliphatic carbocycles. The van der Waals surface area contributed by atoms with Gasteiger partial charge in [0, 0.05) is 19.6 Å². The lowest BCUT2D eigenvalue weighted by molar-refractivity contribution is 0.155. The van der Waals surface area contributed by atoms with Gasteiger partial charge in [-0.3, -0.25) is 4.90 Å². The van der Waals surface area contributed by atoms with Crippen LogP contribution in [0.2, 0.25) is 0 Å². The Labute approximate surface area is 152 Å². The SMILES string of the molecule is CC1CCCC(N(C)C(=O)NCC(c2ccccc2)N2CCCC2)C1. The molecule has 138 valence electrons. The predicted octanol–water partition coefficient (Wildman–Crippen LogP) is 4.04. The van der Waals surface area contributed by atoms with E-state index in [1.54, 1.807) is 0 Å². The van der Waals surface area contributed by atoms with Crippen molar-refractivity contribution in [2.24, 2.45) is 5.92 Å². The molecule has 1 N–H and O–H groups in total. The first-order chi connectivity index (χ1) is 12.1. The van der Waals surface area contributed by atoms with E-state index < -0.39 is 0 Å². The monoisotopic (exact) mass is 343 g/mol. The molecular formula is C21H33N3O. The van der Waals surface area contributed by atoms with E-state index in [9.17, 15) is 4.79 Å². The maximum Gasteiger partial charge on any atom is 0.317 e. The van der Waals surface area contributed by atoms with Crippen LogP contribution in [0.4, 0.5) is 4.79 Å². The number of rotatable bonds is 5. The highest BCUT2D eigenvalue weighted by Crippen LogP contribution is 2.27. The molecule has 1 heterocycles. The molecule has 0 aromatic heterocycles. The summed E-state index contributed by atoms with van der Waals surface area (Å²) >= 11 is 0. The third-order valence-corrected chi connectivity index (χ3v) is 5.99. The van der Waals surface area contributed by atoms with Gasteiger partial charge in [-0.25, -0.2) is 4.79 Å². The summed E-state index contributed by atoms with van der Waals surface area (Å²) in [5, 5.41) is 3.22. The Bertz CT molecular complexity index is 541. The van der Waals surface area contributed by atoms with Gasteiger partial charge in [0.05, 0.1) is 6.04 Å². The molecule has 4 heteroatoms. The molecule has 2 amide bonds. The topological polar surface area (TPSA) is 35.6 Å². The molecule has 1 aliphatic heterocycles. The lowest BCUT2D eigenvalue weighted by Gasteiger charge is -2.35. The van der Waals surface area contributed by atoms with Crippen LogP contribution in [0.3, 0.4) is 0 Å². The second-order valence-electron chi connectivity index (χ2n) is 7.89. The first-order valence-corrected chi connectivity index (χ1v) is 9.95. The van der Waals surface area contributed by atoms with E-state index in [1.807, 2.05) is 11.9 Å². The maximum absolute atomic E-state index is 12.7. The molecule has 3 unspecified atom stereocenters. The van der Waals surface area contributed by atoms with Crippen molar-refractivity contribution in [3.8, 4) is 0 Å². The second-order valence-corrected chi connectivity index (χ2v) is 7.89. The Morgan fingerprint density at radius 1 is 1.20 bits per heavy atom. The van der Waals surface area contributed by atoms with Crippen molar-refractivity contribution in [3.63, 3.8) is 0 Å². The minimum Gasteiger partial charge on any atom is -0.336 e. The third kappa shape index (κ3) is 4.75. The molecule has 0 radical (unpaired) electrons. The Morgan fingerprint density at radius 2 is 1.92 bits per heavy atom.